The smallest absolute Gasteiger partial charge is 0.462 e. The van der Waals surface area contributed by atoms with Crippen molar-refractivity contribution >= 4 is 39.5 Å². The summed E-state index contributed by atoms with van der Waals surface area (Å²) in [6.07, 6.45) is 51.7. The Morgan fingerprint density at radius 2 is 0.489 bits per heavy atom. The van der Waals surface area contributed by atoms with Gasteiger partial charge in [0.05, 0.1) is 26.4 Å². The summed E-state index contributed by atoms with van der Waals surface area (Å²) in [7, 11) is -9.90. The molecule has 3 N–H and O–H groups in total. The Balaban J connectivity index is 5.15. The molecule has 0 heterocycles. The predicted molar refractivity (Wildman–Crippen MR) is 381 cm³/mol. The summed E-state index contributed by atoms with van der Waals surface area (Å²) in [6, 6.07) is 0. The zero-order valence-electron chi connectivity index (χ0n) is 61.4. The van der Waals surface area contributed by atoms with Gasteiger partial charge in [0.2, 0.25) is 0 Å². The van der Waals surface area contributed by atoms with E-state index in [9.17, 15) is 43.2 Å². The number of phosphoric ester groups is 2. The number of rotatable bonds is 73. The van der Waals surface area contributed by atoms with Gasteiger partial charge in [0.1, 0.15) is 19.3 Å². The van der Waals surface area contributed by atoms with Crippen LogP contribution in [0.15, 0.2) is 0 Å². The summed E-state index contributed by atoms with van der Waals surface area (Å²) in [6.45, 7) is 11.9. The minimum Gasteiger partial charge on any atom is -0.462 e. The van der Waals surface area contributed by atoms with Gasteiger partial charge in [-0.2, -0.15) is 0 Å². The van der Waals surface area contributed by atoms with E-state index >= 15 is 0 Å². The number of unbranched alkanes of at least 4 members (excludes halogenated alkanes) is 41. The standard InChI is InChI=1S/C75H146O17P2/c1-8-9-10-39-49-56-72(77)85-62-70(91-74(79)59-52-45-38-32-26-20-23-29-35-42-48-55-68(6)7)64-89-93(81,82)87-60-69(76)61-88-94(83,84)90-65-71(63-86-73(78)57-50-43-36-30-24-19-15-17-22-28-34-41-47-54-67(4)5)92-75(80)58-51-44-37-31-25-18-14-12-11-13-16-21-27-33-40-46-53-66(2)3/h66-71,76H,8-65H2,1-7H3,(H,81,82)(H,83,84)/t69-,70+,71+/m0/s1. The van der Waals surface area contributed by atoms with E-state index in [0.717, 1.165) is 114 Å². The molecule has 0 spiro atoms. The number of ether oxygens (including phenoxy) is 4. The van der Waals surface area contributed by atoms with E-state index in [1.807, 2.05) is 0 Å². The third-order valence-electron chi connectivity index (χ3n) is 17.4. The lowest BCUT2D eigenvalue weighted by Gasteiger charge is -2.21. The van der Waals surface area contributed by atoms with Crippen LogP contribution in [0.5, 0.6) is 0 Å². The number of carbonyl (C=O) groups is 4. The highest BCUT2D eigenvalue weighted by molar-refractivity contribution is 7.47. The van der Waals surface area contributed by atoms with Crippen molar-refractivity contribution in [2.75, 3.05) is 39.6 Å². The maximum absolute atomic E-state index is 13.1. The summed E-state index contributed by atoms with van der Waals surface area (Å²) in [5.74, 6) is 0.236. The average molecular weight is 1380 g/mol. The Bertz CT molecular complexity index is 1840. The fourth-order valence-corrected chi connectivity index (χ4v) is 13.0. The molecule has 0 saturated carbocycles. The lowest BCUT2D eigenvalue weighted by atomic mass is 10.0. The molecular weight excluding hydrogens is 1230 g/mol. The van der Waals surface area contributed by atoms with Gasteiger partial charge in [0.25, 0.3) is 0 Å². The highest BCUT2D eigenvalue weighted by atomic mass is 31.2. The van der Waals surface area contributed by atoms with Crippen LogP contribution in [0.2, 0.25) is 0 Å². The van der Waals surface area contributed by atoms with E-state index in [0.29, 0.717) is 25.7 Å². The van der Waals surface area contributed by atoms with Gasteiger partial charge >= 0.3 is 39.5 Å². The topological polar surface area (TPSA) is 237 Å². The van der Waals surface area contributed by atoms with Crippen LogP contribution in [-0.4, -0.2) is 96.7 Å². The molecule has 0 aromatic carbocycles. The lowest BCUT2D eigenvalue weighted by Crippen LogP contribution is -2.30. The summed E-state index contributed by atoms with van der Waals surface area (Å²) in [5, 5.41) is 10.6. The van der Waals surface area contributed by atoms with Crippen LogP contribution in [0.3, 0.4) is 0 Å². The van der Waals surface area contributed by atoms with E-state index in [-0.39, 0.29) is 25.7 Å². The fourth-order valence-electron chi connectivity index (χ4n) is 11.4. The van der Waals surface area contributed by atoms with Crippen molar-refractivity contribution in [1.82, 2.24) is 0 Å². The zero-order valence-corrected chi connectivity index (χ0v) is 63.2. The van der Waals surface area contributed by atoms with Crippen LogP contribution in [0, 0.1) is 17.8 Å². The van der Waals surface area contributed by atoms with Crippen LogP contribution < -0.4 is 0 Å². The number of aliphatic hydroxyl groups is 1. The van der Waals surface area contributed by atoms with Crippen molar-refractivity contribution in [3.05, 3.63) is 0 Å². The van der Waals surface area contributed by atoms with Crippen molar-refractivity contribution in [2.24, 2.45) is 17.8 Å². The van der Waals surface area contributed by atoms with Gasteiger partial charge in [0, 0.05) is 25.7 Å². The van der Waals surface area contributed by atoms with Crippen molar-refractivity contribution < 1.29 is 80.2 Å². The zero-order chi connectivity index (χ0) is 69.4. The molecule has 0 radical (unpaired) electrons. The predicted octanol–water partition coefficient (Wildman–Crippen LogP) is 21.8. The first-order valence-electron chi connectivity index (χ1n) is 38.8. The molecular formula is C75H146O17P2. The quantitative estimate of drug-likeness (QED) is 0.0222. The molecule has 0 aliphatic rings. The van der Waals surface area contributed by atoms with Gasteiger partial charge in [-0.25, -0.2) is 9.13 Å². The van der Waals surface area contributed by atoms with Crippen LogP contribution in [0.4, 0.5) is 0 Å². The second-order valence-corrected chi connectivity index (χ2v) is 31.4. The first-order chi connectivity index (χ1) is 45.2. The van der Waals surface area contributed by atoms with Crippen LogP contribution in [-0.2, 0) is 65.4 Å². The van der Waals surface area contributed by atoms with Crippen molar-refractivity contribution in [3.8, 4) is 0 Å². The number of carbonyl (C=O) groups excluding carboxylic acids is 4. The second kappa shape index (κ2) is 65.7. The molecule has 94 heavy (non-hydrogen) atoms. The highest BCUT2D eigenvalue weighted by Gasteiger charge is 2.30. The Labute approximate surface area is 575 Å². The molecule has 0 rings (SSSR count). The Morgan fingerprint density at radius 1 is 0.287 bits per heavy atom. The maximum Gasteiger partial charge on any atom is 0.472 e. The molecule has 17 nitrogen and oxygen atoms in total. The third-order valence-corrected chi connectivity index (χ3v) is 19.3. The first-order valence-corrected chi connectivity index (χ1v) is 41.8. The van der Waals surface area contributed by atoms with E-state index in [1.165, 1.54) is 186 Å². The molecule has 0 amide bonds. The van der Waals surface area contributed by atoms with Gasteiger partial charge < -0.3 is 33.8 Å². The normalized spacial score (nSPS) is 14.1. The summed E-state index contributed by atoms with van der Waals surface area (Å²) < 4.78 is 68.3. The molecule has 19 heteroatoms. The van der Waals surface area contributed by atoms with Crippen LogP contribution >= 0.6 is 15.6 Å². The van der Waals surface area contributed by atoms with E-state index in [1.54, 1.807) is 0 Å². The van der Waals surface area contributed by atoms with Gasteiger partial charge in [-0.05, 0) is 43.4 Å². The molecule has 5 atom stereocenters. The van der Waals surface area contributed by atoms with E-state index in [4.69, 9.17) is 37.0 Å². The van der Waals surface area contributed by atoms with Crippen LogP contribution in [0.1, 0.15) is 382 Å². The third kappa shape index (κ3) is 68.6. The Hall–Kier alpha value is -1.94. The van der Waals surface area contributed by atoms with Crippen molar-refractivity contribution in [3.63, 3.8) is 0 Å². The number of phosphoric acid groups is 2. The fraction of sp³-hybridized carbons (Fsp3) is 0.947. The SMILES string of the molecule is CCCCCCCC(=O)OC[C@H](COP(=O)(O)OC[C@H](O)COP(=O)(O)OC[C@@H](COC(=O)CCCCCCCCCCCCCCCC(C)C)OC(=O)CCCCCCCCCCCCCCCCCCC(C)C)OC(=O)CCCCCCCCCCCCCC(C)C. The molecule has 0 aromatic heterocycles. The van der Waals surface area contributed by atoms with Gasteiger partial charge in [-0.3, -0.25) is 37.3 Å². The summed E-state index contributed by atoms with van der Waals surface area (Å²) in [4.78, 5) is 72.5. The van der Waals surface area contributed by atoms with Crippen molar-refractivity contribution in [2.45, 2.75) is 401 Å². The molecule has 0 fully saturated rings. The molecule has 0 bridgehead atoms. The minimum absolute atomic E-state index is 0.105. The summed E-state index contributed by atoms with van der Waals surface area (Å²) in [5.41, 5.74) is 0. The first kappa shape index (κ1) is 92.1. The number of aliphatic hydroxyl groups excluding tert-OH is 1. The highest BCUT2D eigenvalue weighted by Crippen LogP contribution is 2.45. The largest absolute Gasteiger partial charge is 0.472 e. The van der Waals surface area contributed by atoms with Crippen LogP contribution in [0.25, 0.3) is 0 Å². The van der Waals surface area contributed by atoms with E-state index < -0.39 is 97.5 Å². The van der Waals surface area contributed by atoms with E-state index in [2.05, 4.69) is 48.5 Å². The van der Waals surface area contributed by atoms with Gasteiger partial charge in [0.15, 0.2) is 12.2 Å². The van der Waals surface area contributed by atoms with Crippen molar-refractivity contribution in [1.29, 1.82) is 0 Å². The van der Waals surface area contributed by atoms with Gasteiger partial charge in [-0.15, -0.1) is 0 Å². The average Bonchev–Trinajstić information content (AvgIpc) is 2.81. The Kier molecular flexibility index (Phi) is 64.3. The Morgan fingerprint density at radius 3 is 0.723 bits per heavy atom. The number of hydrogen-bond donors (Lipinski definition) is 3. The number of hydrogen-bond acceptors (Lipinski definition) is 15. The molecule has 558 valence electrons. The lowest BCUT2D eigenvalue weighted by molar-refractivity contribution is -0.161. The molecule has 2 unspecified atom stereocenters. The second-order valence-electron chi connectivity index (χ2n) is 28.5. The molecule has 0 saturated heterocycles. The maximum atomic E-state index is 13.1. The monoisotopic (exact) mass is 1380 g/mol. The number of esters is 4. The minimum atomic E-state index is -4.96. The molecule has 0 aliphatic carbocycles. The molecule has 0 aliphatic heterocycles. The summed E-state index contributed by atoms with van der Waals surface area (Å²) >= 11 is 0. The van der Waals surface area contributed by atoms with Gasteiger partial charge in [-0.1, -0.05) is 331 Å². The molecule has 0 aromatic rings.